The van der Waals surface area contributed by atoms with Crippen LogP contribution in [0.3, 0.4) is 0 Å². The Morgan fingerprint density at radius 1 is 1.21 bits per heavy atom. The third-order valence-electron chi connectivity index (χ3n) is 6.47. The molecule has 4 N–H and O–H groups in total. The van der Waals surface area contributed by atoms with E-state index in [1.807, 2.05) is 0 Å². The molecule has 4 saturated heterocycles. The molecule has 0 spiro atoms. The number of ether oxygens (including phenoxy) is 1. The molecule has 6 atom stereocenters. The van der Waals surface area contributed by atoms with E-state index in [1.54, 1.807) is 0 Å². The van der Waals surface area contributed by atoms with Gasteiger partial charge >= 0.3 is 6.36 Å². The summed E-state index contributed by atoms with van der Waals surface area (Å²) < 4.78 is 42.5. The summed E-state index contributed by atoms with van der Waals surface area (Å²) in [6, 6.07) is 0.393. The molecule has 0 saturated carbocycles. The van der Waals surface area contributed by atoms with Crippen LogP contribution in [0.25, 0.3) is 0 Å². The van der Waals surface area contributed by atoms with Gasteiger partial charge in [0.25, 0.3) is 5.91 Å². The Morgan fingerprint density at radius 3 is 2.83 bits per heavy atom. The molecule has 8 nitrogen and oxygen atoms in total. The van der Waals surface area contributed by atoms with Gasteiger partial charge in [-0.2, -0.15) is 0 Å². The number of likely N-dealkylation sites (tertiary alicyclic amines) is 1. The Labute approximate surface area is 172 Å². The SMILES string of the molecule is O=C1NNCC(N2CCC3C(C2)NCN3CC2CCCNC2OC(F)(F)F)C1Cl. The third kappa shape index (κ3) is 4.97. The van der Waals surface area contributed by atoms with Crippen molar-refractivity contribution in [3.63, 3.8) is 0 Å². The molecule has 12 heteroatoms. The van der Waals surface area contributed by atoms with E-state index in [1.165, 1.54) is 0 Å². The van der Waals surface area contributed by atoms with Gasteiger partial charge in [-0.05, 0) is 25.8 Å². The van der Waals surface area contributed by atoms with E-state index >= 15 is 0 Å². The van der Waals surface area contributed by atoms with Crippen LogP contribution < -0.4 is 21.5 Å². The minimum absolute atomic E-state index is 0.0747. The molecule has 4 aliphatic heterocycles. The molecule has 6 unspecified atom stereocenters. The average molecular weight is 441 g/mol. The number of nitrogens with zero attached hydrogens (tertiary/aromatic N) is 2. The molecule has 0 aromatic carbocycles. The monoisotopic (exact) mass is 440 g/mol. The molecule has 0 aromatic heterocycles. The third-order valence-corrected chi connectivity index (χ3v) is 6.96. The van der Waals surface area contributed by atoms with Crippen LogP contribution in [0.1, 0.15) is 19.3 Å². The Bertz CT molecular complexity index is 600. The predicted octanol–water partition coefficient (Wildman–Crippen LogP) is -0.235. The van der Waals surface area contributed by atoms with E-state index in [4.69, 9.17) is 11.6 Å². The van der Waals surface area contributed by atoms with Crippen LogP contribution in [0.4, 0.5) is 13.2 Å². The first-order chi connectivity index (χ1) is 13.8. The maximum Gasteiger partial charge on any atom is 0.524 e. The van der Waals surface area contributed by atoms with Gasteiger partial charge in [0.15, 0.2) is 0 Å². The van der Waals surface area contributed by atoms with E-state index in [0.29, 0.717) is 32.7 Å². The van der Waals surface area contributed by atoms with Crippen LogP contribution in [-0.2, 0) is 9.53 Å². The van der Waals surface area contributed by atoms with Crippen molar-refractivity contribution in [3.05, 3.63) is 0 Å². The van der Waals surface area contributed by atoms with Crippen molar-refractivity contribution < 1.29 is 22.7 Å². The zero-order valence-electron chi connectivity index (χ0n) is 16.1. The number of fused-ring (bicyclic) bond motifs is 1. The standard InChI is InChI=1S/C17H28ClF3N6O2/c18-14-13(6-24-25-15(14)28)26-5-3-12-11(8-26)23-9-27(12)7-10-2-1-4-22-16(10)29-17(19,20)21/h10-14,16,22-24H,1-9H2,(H,25,28). The first-order valence-corrected chi connectivity index (χ1v) is 10.6. The second-order valence-corrected chi connectivity index (χ2v) is 8.74. The Kier molecular flexibility index (Phi) is 6.55. The fourth-order valence-corrected chi connectivity index (χ4v) is 5.36. The lowest BCUT2D eigenvalue weighted by Gasteiger charge is -2.44. The summed E-state index contributed by atoms with van der Waals surface area (Å²) in [7, 11) is 0. The van der Waals surface area contributed by atoms with Gasteiger partial charge in [0.2, 0.25) is 0 Å². The summed E-state index contributed by atoms with van der Waals surface area (Å²) in [6.45, 7) is 3.90. The van der Waals surface area contributed by atoms with Crippen molar-refractivity contribution in [3.8, 4) is 0 Å². The van der Waals surface area contributed by atoms with Gasteiger partial charge in [-0.25, -0.2) is 5.43 Å². The fourth-order valence-electron chi connectivity index (χ4n) is 5.06. The number of carbonyl (C=O) groups is 1. The zero-order chi connectivity index (χ0) is 20.6. The van der Waals surface area contributed by atoms with E-state index in [0.717, 1.165) is 25.9 Å². The lowest BCUT2D eigenvalue weighted by molar-refractivity contribution is -0.354. The van der Waals surface area contributed by atoms with Crippen molar-refractivity contribution in [1.82, 2.24) is 31.3 Å². The highest BCUT2D eigenvalue weighted by atomic mass is 35.5. The van der Waals surface area contributed by atoms with Crippen molar-refractivity contribution in [2.24, 2.45) is 5.92 Å². The molecule has 4 rings (SSSR count). The smallest absolute Gasteiger partial charge is 0.299 e. The molecule has 166 valence electrons. The number of alkyl halides is 4. The summed E-state index contributed by atoms with van der Waals surface area (Å²) in [5, 5.41) is 5.77. The van der Waals surface area contributed by atoms with Crippen molar-refractivity contribution in [2.75, 3.05) is 39.4 Å². The molecule has 4 fully saturated rings. The first-order valence-electron chi connectivity index (χ1n) is 10.2. The van der Waals surface area contributed by atoms with Gasteiger partial charge in [0, 0.05) is 56.9 Å². The Hall–Kier alpha value is -0.690. The predicted molar refractivity (Wildman–Crippen MR) is 99.7 cm³/mol. The Morgan fingerprint density at radius 2 is 2.03 bits per heavy atom. The van der Waals surface area contributed by atoms with E-state index < -0.39 is 18.0 Å². The molecule has 29 heavy (non-hydrogen) atoms. The lowest BCUT2D eigenvalue weighted by Crippen LogP contribution is -2.65. The number of amides is 1. The van der Waals surface area contributed by atoms with Gasteiger partial charge in [-0.15, -0.1) is 24.8 Å². The number of hydrogen-bond donors (Lipinski definition) is 4. The lowest BCUT2D eigenvalue weighted by atomic mass is 9.93. The van der Waals surface area contributed by atoms with Crippen LogP contribution >= 0.6 is 11.6 Å². The van der Waals surface area contributed by atoms with Gasteiger partial charge < -0.3 is 0 Å². The van der Waals surface area contributed by atoms with Crippen molar-refractivity contribution in [2.45, 2.75) is 55.4 Å². The quantitative estimate of drug-likeness (QED) is 0.449. The minimum Gasteiger partial charge on any atom is -0.299 e. The second kappa shape index (κ2) is 8.81. The molecule has 0 aliphatic carbocycles. The topological polar surface area (TPSA) is 80.9 Å². The fraction of sp³-hybridized carbons (Fsp3) is 0.941. The van der Waals surface area contributed by atoms with Crippen LogP contribution in [-0.4, -0.2) is 91.2 Å². The largest absolute Gasteiger partial charge is 0.524 e. The van der Waals surface area contributed by atoms with Gasteiger partial charge in [0.1, 0.15) is 11.6 Å². The first kappa shape index (κ1) is 21.5. The highest BCUT2D eigenvalue weighted by Gasteiger charge is 2.45. The number of halogens is 4. The average Bonchev–Trinajstić information content (AvgIpc) is 3.06. The summed E-state index contributed by atoms with van der Waals surface area (Å²) in [5.41, 5.74) is 5.44. The molecule has 0 radical (unpaired) electrons. The molecule has 1 amide bonds. The van der Waals surface area contributed by atoms with Crippen molar-refractivity contribution >= 4 is 17.5 Å². The molecule has 4 aliphatic rings. The summed E-state index contributed by atoms with van der Waals surface area (Å²) in [4.78, 5) is 16.3. The van der Waals surface area contributed by atoms with Crippen LogP contribution in [0.2, 0.25) is 0 Å². The van der Waals surface area contributed by atoms with Crippen LogP contribution in [0.15, 0.2) is 0 Å². The zero-order valence-corrected chi connectivity index (χ0v) is 16.8. The van der Waals surface area contributed by atoms with Gasteiger partial charge in [-0.3, -0.25) is 35.4 Å². The maximum atomic E-state index is 12.7. The Balaban J connectivity index is 1.34. The number of rotatable bonds is 4. The molecule has 4 heterocycles. The van der Waals surface area contributed by atoms with E-state index in [-0.39, 0.29) is 30.0 Å². The number of carbonyl (C=O) groups excluding carboxylic acids is 1. The number of hydrazine groups is 1. The summed E-state index contributed by atoms with van der Waals surface area (Å²) >= 11 is 6.30. The van der Waals surface area contributed by atoms with Gasteiger partial charge in [-0.1, -0.05) is 0 Å². The summed E-state index contributed by atoms with van der Waals surface area (Å²) in [6.07, 6.45) is -3.19. The minimum atomic E-state index is -4.64. The second-order valence-electron chi connectivity index (χ2n) is 8.27. The molecular weight excluding hydrogens is 413 g/mol. The molecule has 0 bridgehead atoms. The van der Waals surface area contributed by atoms with Crippen LogP contribution in [0, 0.1) is 5.92 Å². The van der Waals surface area contributed by atoms with E-state index in [9.17, 15) is 18.0 Å². The normalized spacial score (nSPS) is 39.9. The van der Waals surface area contributed by atoms with E-state index in [2.05, 4.69) is 36.0 Å². The highest BCUT2D eigenvalue weighted by molar-refractivity contribution is 6.31. The molecule has 0 aromatic rings. The van der Waals surface area contributed by atoms with Gasteiger partial charge in [0.05, 0.1) is 0 Å². The number of nitrogens with one attached hydrogen (secondary N) is 4. The maximum absolute atomic E-state index is 12.7. The summed E-state index contributed by atoms with van der Waals surface area (Å²) in [5.74, 6) is -0.422. The number of hydrogen-bond acceptors (Lipinski definition) is 7. The van der Waals surface area contributed by atoms with Crippen LogP contribution in [0.5, 0.6) is 0 Å². The van der Waals surface area contributed by atoms with Crippen molar-refractivity contribution in [1.29, 1.82) is 0 Å². The highest BCUT2D eigenvalue weighted by Crippen LogP contribution is 2.30. The molecular formula is C17H28ClF3N6O2. The number of piperidine rings is 2.